The van der Waals surface area contributed by atoms with E-state index < -0.39 is 12.5 Å². The van der Waals surface area contributed by atoms with Crippen LogP contribution in [0.1, 0.15) is 12.8 Å². The lowest BCUT2D eigenvalue weighted by Crippen LogP contribution is -2.51. The third kappa shape index (κ3) is 3.28. The average molecular weight is 248 g/mol. The Balaban J connectivity index is 1.50. The van der Waals surface area contributed by atoms with Crippen molar-refractivity contribution >= 4 is 6.09 Å². The molecule has 1 amide bonds. The Morgan fingerprint density at radius 1 is 1.18 bits per heavy atom. The molecule has 2 aliphatic rings. The minimum Gasteiger partial charge on any atom is -0.465 e. The zero-order valence-electron chi connectivity index (χ0n) is 9.69. The molecule has 0 aromatic heterocycles. The maximum Gasteiger partial charge on any atom is 0.407 e. The first-order valence-corrected chi connectivity index (χ1v) is 6.03. The summed E-state index contributed by atoms with van der Waals surface area (Å²) in [6.45, 7) is 2.73. The fourth-order valence-corrected chi connectivity index (χ4v) is 2.58. The van der Waals surface area contributed by atoms with Gasteiger partial charge in [0.1, 0.15) is 0 Å². The van der Waals surface area contributed by atoms with Crippen LogP contribution in [0.3, 0.4) is 0 Å². The van der Waals surface area contributed by atoms with Gasteiger partial charge < -0.3 is 10.0 Å². The number of carbonyl (C=O) groups is 1. The zero-order valence-corrected chi connectivity index (χ0v) is 9.69. The van der Waals surface area contributed by atoms with Crippen molar-refractivity contribution in [3.63, 3.8) is 0 Å². The number of halogens is 2. The molecule has 0 radical (unpaired) electrons. The molecule has 0 aromatic carbocycles. The molecule has 17 heavy (non-hydrogen) atoms. The predicted molar refractivity (Wildman–Crippen MR) is 58.3 cm³/mol. The van der Waals surface area contributed by atoms with E-state index in [4.69, 9.17) is 5.11 Å². The number of hydrogen-bond donors (Lipinski definition) is 1. The molecule has 0 atom stereocenters. The van der Waals surface area contributed by atoms with Crippen LogP contribution < -0.4 is 0 Å². The minimum absolute atomic E-state index is 0.104. The second kappa shape index (κ2) is 5.16. The van der Waals surface area contributed by atoms with Crippen LogP contribution in [-0.2, 0) is 0 Å². The van der Waals surface area contributed by atoms with Gasteiger partial charge in [0.15, 0.2) is 0 Å². The van der Waals surface area contributed by atoms with Gasteiger partial charge in [-0.1, -0.05) is 0 Å². The van der Waals surface area contributed by atoms with Crippen molar-refractivity contribution < 1.29 is 18.7 Å². The molecule has 2 aliphatic heterocycles. The monoisotopic (exact) mass is 248 g/mol. The first kappa shape index (κ1) is 12.5. The molecule has 0 saturated carbocycles. The number of carboxylic acid groups (broad SMARTS) is 1. The topological polar surface area (TPSA) is 43.8 Å². The molecule has 0 bridgehead atoms. The van der Waals surface area contributed by atoms with E-state index in [2.05, 4.69) is 0 Å². The number of amides is 1. The maximum absolute atomic E-state index is 12.0. The minimum atomic E-state index is -2.23. The quantitative estimate of drug-likeness (QED) is 0.803. The standard InChI is InChI=1S/C11H18F2N2O2/c12-10(13)7-14-3-8(4-14)1-2-9-5-15(6-9)11(16)17/h8-10H,1-7H2,(H,16,17). The van der Waals surface area contributed by atoms with Crippen LogP contribution >= 0.6 is 0 Å². The van der Waals surface area contributed by atoms with E-state index in [0.29, 0.717) is 24.9 Å². The lowest BCUT2D eigenvalue weighted by molar-refractivity contribution is 0.0156. The van der Waals surface area contributed by atoms with Crippen LogP contribution in [0.15, 0.2) is 0 Å². The normalized spacial score (nSPS) is 22.6. The van der Waals surface area contributed by atoms with Crippen LogP contribution in [0.5, 0.6) is 0 Å². The molecule has 0 spiro atoms. The van der Waals surface area contributed by atoms with E-state index in [9.17, 15) is 13.6 Å². The van der Waals surface area contributed by atoms with Gasteiger partial charge in [0, 0.05) is 26.2 Å². The molecular weight excluding hydrogens is 230 g/mol. The Labute approximate surface area is 99.2 Å². The van der Waals surface area contributed by atoms with Crippen LogP contribution in [0, 0.1) is 11.8 Å². The molecule has 0 unspecified atom stereocenters. The second-order valence-electron chi connectivity index (χ2n) is 5.11. The van der Waals surface area contributed by atoms with Crippen LogP contribution in [0.4, 0.5) is 13.6 Å². The lowest BCUT2D eigenvalue weighted by atomic mass is 9.87. The summed E-state index contributed by atoms with van der Waals surface area (Å²) in [6, 6.07) is 0. The fraction of sp³-hybridized carbons (Fsp3) is 0.909. The van der Waals surface area contributed by atoms with Gasteiger partial charge in [0.05, 0.1) is 6.54 Å². The van der Waals surface area contributed by atoms with Crippen molar-refractivity contribution in [1.29, 1.82) is 0 Å². The highest BCUT2D eigenvalue weighted by molar-refractivity contribution is 5.65. The zero-order chi connectivity index (χ0) is 12.4. The molecule has 1 N–H and O–H groups in total. The number of likely N-dealkylation sites (tertiary alicyclic amines) is 2. The summed E-state index contributed by atoms with van der Waals surface area (Å²) in [6.07, 6.45) is -1.01. The highest BCUT2D eigenvalue weighted by Gasteiger charge is 2.33. The largest absolute Gasteiger partial charge is 0.465 e. The predicted octanol–water partition coefficient (Wildman–Crippen LogP) is 1.57. The van der Waals surface area contributed by atoms with E-state index in [1.807, 2.05) is 0 Å². The average Bonchev–Trinajstić information content (AvgIpc) is 2.09. The molecule has 2 fully saturated rings. The Kier molecular flexibility index (Phi) is 3.81. The van der Waals surface area contributed by atoms with Crippen LogP contribution in [0.2, 0.25) is 0 Å². The van der Waals surface area contributed by atoms with E-state index >= 15 is 0 Å². The van der Waals surface area contributed by atoms with Crippen molar-refractivity contribution in [1.82, 2.24) is 9.80 Å². The first-order valence-electron chi connectivity index (χ1n) is 6.03. The summed E-state index contributed by atoms with van der Waals surface area (Å²) in [4.78, 5) is 13.7. The summed E-state index contributed by atoms with van der Waals surface area (Å²) in [5.41, 5.74) is 0. The number of nitrogens with zero attached hydrogens (tertiary/aromatic N) is 2. The highest BCUT2D eigenvalue weighted by atomic mass is 19.3. The summed E-state index contributed by atoms with van der Waals surface area (Å²) in [5, 5.41) is 8.65. The Morgan fingerprint density at radius 2 is 1.71 bits per heavy atom. The summed E-state index contributed by atoms with van der Waals surface area (Å²) in [7, 11) is 0. The first-order chi connectivity index (χ1) is 8.04. The summed E-state index contributed by atoms with van der Waals surface area (Å²) >= 11 is 0. The van der Waals surface area contributed by atoms with Gasteiger partial charge >= 0.3 is 6.09 Å². The molecular formula is C11H18F2N2O2. The Morgan fingerprint density at radius 3 is 2.18 bits per heavy atom. The van der Waals surface area contributed by atoms with E-state index in [-0.39, 0.29) is 6.54 Å². The Hall–Kier alpha value is -0.910. The van der Waals surface area contributed by atoms with Crippen molar-refractivity contribution in [2.45, 2.75) is 19.3 Å². The SMILES string of the molecule is O=C(O)N1CC(CCC2CN(CC(F)F)C2)C1. The van der Waals surface area contributed by atoms with Crippen LogP contribution in [-0.4, -0.2) is 60.1 Å². The van der Waals surface area contributed by atoms with Gasteiger partial charge in [-0.25, -0.2) is 13.6 Å². The van der Waals surface area contributed by atoms with Crippen LogP contribution in [0.25, 0.3) is 0 Å². The van der Waals surface area contributed by atoms with Crippen molar-refractivity contribution in [3.8, 4) is 0 Å². The van der Waals surface area contributed by atoms with Crippen molar-refractivity contribution in [2.24, 2.45) is 11.8 Å². The Bertz CT molecular complexity index is 277. The molecule has 0 aromatic rings. The molecule has 6 heteroatoms. The van der Waals surface area contributed by atoms with Gasteiger partial charge in [0.25, 0.3) is 6.43 Å². The van der Waals surface area contributed by atoms with Crippen molar-refractivity contribution in [3.05, 3.63) is 0 Å². The maximum atomic E-state index is 12.0. The summed E-state index contributed by atoms with van der Waals surface area (Å²) < 4.78 is 24.1. The van der Waals surface area contributed by atoms with E-state index in [0.717, 1.165) is 25.9 Å². The van der Waals surface area contributed by atoms with Gasteiger partial charge in [-0.3, -0.25) is 4.90 Å². The third-order valence-electron chi connectivity index (χ3n) is 3.64. The van der Waals surface area contributed by atoms with Gasteiger partial charge in [-0.05, 0) is 24.7 Å². The molecule has 0 aliphatic carbocycles. The number of rotatable bonds is 5. The van der Waals surface area contributed by atoms with Gasteiger partial charge in [-0.15, -0.1) is 0 Å². The lowest BCUT2D eigenvalue weighted by Gasteiger charge is -2.42. The fourth-order valence-electron chi connectivity index (χ4n) is 2.58. The molecule has 2 rings (SSSR count). The van der Waals surface area contributed by atoms with E-state index in [1.165, 1.54) is 4.90 Å². The van der Waals surface area contributed by atoms with Gasteiger partial charge in [0.2, 0.25) is 0 Å². The third-order valence-corrected chi connectivity index (χ3v) is 3.64. The number of hydrogen-bond acceptors (Lipinski definition) is 2. The van der Waals surface area contributed by atoms with Crippen molar-refractivity contribution in [2.75, 3.05) is 32.7 Å². The summed E-state index contributed by atoms with van der Waals surface area (Å²) in [5.74, 6) is 1.02. The molecule has 98 valence electrons. The van der Waals surface area contributed by atoms with Gasteiger partial charge in [-0.2, -0.15) is 0 Å². The molecule has 2 saturated heterocycles. The molecule has 4 nitrogen and oxygen atoms in total. The van der Waals surface area contributed by atoms with E-state index in [1.54, 1.807) is 4.90 Å². The number of alkyl halides is 2. The highest BCUT2D eigenvalue weighted by Crippen LogP contribution is 2.27. The smallest absolute Gasteiger partial charge is 0.407 e. The second-order valence-corrected chi connectivity index (χ2v) is 5.11. The molecule has 2 heterocycles.